The number of rotatable bonds is 1. The first-order chi connectivity index (χ1) is 8.76. The van der Waals surface area contributed by atoms with Crippen molar-refractivity contribution in [1.82, 2.24) is 0 Å². The third kappa shape index (κ3) is 1.39. The smallest absolute Gasteiger partial charge is 0.189 e. The number of hydrogen-bond acceptors (Lipinski definition) is 3. The first kappa shape index (κ1) is 10.9. The molecule has 4 fully saturated rings. The molecule has 3 heteroatoms. The van der Waals surface area contributed by atoms with Crippen molar-refractivity contribution in [3.63, 3.8) is 0 Å². The second kappa shape index (κ2) is 3.74. The van der Waals surface area contributed by atoms with E-state index in [4.69, 9.17) is 0 Å². The van der Waals surface area contributed by atoms with E-state index < -0.39 is 0 Å². The van der Waals surface area contributed by atoms with Crippen LogP contribution in [0.2, 0.25) is 0 Å². The lowest BCUT2D eigenvalue weighted by Gasteiger charge is -2.54. The van der Waals surface area contributed by atoms with Gasteiger partial charge in [0.05, 0.1) is 0 Å². The van der Waals surface area contributed by atoms with E-state index >= 15 is 0 Å². The van der Waals surface area contributed by atoms with Gasteiger partial charge in [0, 0.05) is 0 Å². The first-order valence-corrected chi connectivity index (χ1v) is 7.84. The second-order valence-electron chi connectivity index (χ2n) is 6.44. The maximum atomic E-state index is 9.78. The lowest BCUT2D eigenvalue weighted by molar-refractivity contribution is -0.00275. The van der Waals surface area contributed by atoms with Crippen LogP contribution in [0.1, 0.15) is 49.1 Å². The van der Waals surface area contributed by atoms with Crippen molar-refractivity contribution in [2.45, 2.75) is 38.0 Å². The van der Waals surface area contributed by atoms with E-state index in [0.717, 1.165) is 29.2 Å². The quantitative estimate of drug-likeness (QED) is 0.832. The Labute approximate surface area is 111 Å². The van der Waals surface area contributed by atoms with E-state index in [1.807, 2.05) is 5.38 Å². The van der Waals surface area contributed by atoms with E-state index in [2.05, 4.69) is 6.07 Å². The maximum Gasteiger partial charge on any atom is 0.189 e. The van der Waals surface area contributed by atoms with Gasteiger partial charge in [-0.15, -0.1) is 11.3 Å². The van der Waals surface area contributed by atoms with Crippen LogP contribution in [0.4, 0.5) is 0 Å². The highest BCUT2D eigenvalue weighted by molar-refractivity contribution is 7.12. The average Bonchev–Trinajstić information content (AvgIpc) is 2.69. The van der Waals surface area contributed by atoms with Crippen molar-refractivity contribution >= 4 is 11.3 Å². The fraction of sp³-hybridized carbons (Fsp3) is 0.667. The minimum atomic E-state index is 0.223. The van der Waals surface area contributed by atoms with Crippen LogP contribution in [0.3, 0.4) is 0 Å². The zero-order valence-electron chi connectivity index (χ0n) is 10.3. The van der Waals surface area contributed by atoms with Crippen LogP contribution < -0.4 is 0 Å². The summed E-state index contributed by atoms with van der Waals surface area (Å²) in [6.45, 7) is 0. The zero-order valence-corrected chi connectivity index (χ0v) is 11.1. The molecular weight excluding hydrogens is 242 g/mol. The summed E-state index contributed by atoms with van der Waals surface area (Å²) in [5, 5.41) is 21.3. The van der Waals surface area contributed by atoms with Crippen LogP contribution in [-0.2, 0) is 0 Å². The van der Waals surface area contributed by atoms with E-state index in [-0.39, 0.29) is 5.06 Å². The molecule has 0 atom stereocenters. The molecule has 4 saturated carbocycles. The minimum absolute atomic E-state index is 0.223. The van der Waals surface area contributed by atoms with Gasteiger partial charge in [0.1, 0.15) is 11.6 Å². The van der Waals surface area contributed by atoms with Crippen LogP contribution in [0.15, 0.2) is 5.38 Å². The molecule has 5 rings (SSSR count). The summed E-state index contributed by atoms with van der Waals surface area (Å²) in [6.07, 6.45) is 6.90. The number of nitriles is 1. The molecule has 4 bridgehead atoms. The van der Waals surface area contributed by atoms with E-state index in [0.29, 0.717) is 11.5 Å². The van der Waals surface area contributed by atoms with Gasteiger partial charge >= 0.3 is 0 Å². The SMILES string of the molecule is N#Cc1c(C2C3CC4CC(C3)CC2C4)csc1O. The highest BCUT2D eigenvalue weighted by Gasteiger charge is 2.49. The molecule has 0 aliphatic heterocycles. The number of thiophene rings is 1. The molecule has 1 N–H and O–H groups in total. The lowest BCUT2D eigenvalue weighted by atomic mass is 9.50. The molecule has 0 amide bonds. The van der Waals surface area contributed by atoms with Crippen LogP contribution >= 0.6 is 11.3 Å². The molecule has 1 aromatic rings. The van der Waals surface area contributed by atoms with Crippen molar-refractivity contribution < 1.29 is 5.11 Å². The van der Waals surface area contributed by atoms with Crippen LogP contribution in [0.5, 0.6) is 5.06 Å². The number of nitrogens with zero attached hydrogens (tertiary/aromatic N) is 1. The fourth-order valence-electron chi connectivity index (χ4n) is 5.15. The van der Waals surface area contributed by atoms with Crippen molar-refractivity contribution in [2.75, 3.05) is 0 Å². The molecule has 0 saturated heterocycles. The molecule has 0 spiro atoms. The van der Waals surface area contributed by atoms with Gasteiger partial charge in [0.15, 0.2) is 5.06 Å². The van der Waals surface area contributed by atoms with Crippen LogP contribution in [0, 0.1) is 35.0 Å². The largest absolute Gasteiger partial charge is 0.499 e. The predicted molar refractivity (Wildman–Crippen MR) is 70.5 cm³/mol. The molecule has 0 aromatic carbocycles. The van der Waals surface area contributed by atoms with Crippen molar-refractivity contribution in [2.24, 2.45) is 23.7 Å². The van der Waals surface area contributed by atoms with Crippen LogP contribution in [0.25, 0.3) is 0 Å². The van der Waals surface area contributed by atoms with Crippen molar-refractivity contribution in [1.29, 1.82) is 5.26 Å². The Morgan fingerprint density at radius 2 is 1.72 bits per heavy atom. The topological polar surface area (TPSA) is 44.0 Å². The summed E-state index contributed by atoms with van der Waals surface area (Å²) in [5.41, 5.74) is 1.73. The molecule has 94 valence electrons. The Hall–Kier alpha value is -1.01. The number of hydrogen-bond donors (Lipinski definition) is 1. The van der Waals surface area contributed by atoms with E-state index in [1.54, 1.807) is 0 Å². The number of aromatic hydroxyl groups is 1. The molecule has 18 heavy (non-hydrogen) atoms. The summed E-state index contributed by atoms with van der Waals surface area (Å²) in [4.78, 5) is 0. The van der Waals surface area contributed by atoms with Gasteiger partial charge in [-0.2, -0.15) is 5.26 Å². The standard InChI is InChI=1S/C15H17NOS/c16-6-12-13(7-18-15(12)17)14-10-2-8-1-9(4-10)5-11(14)3-8/h7-11,14,17H,1-5H2. The Bertz CT molecular complexity index is 499. The third-order valence-electron chi connectivity index (χ3n) is 5.50. The Morgan fingerprint density at radius 3 is 2.28 bits per heavy atom. The zero-order chi connectivity index (χ0) is 12.3. The minimum Gasteiger partial charge on any atom is -0.499 e. The Balaban J connectivity index is 1.75. The average molecular weight is 259 g/mol. The van der Waals surface area contributed by atoms with Gasteiger partial charge in [-0.05, 0) is 72.6 Å². The molecule has 1 aromatic heterocycles. The normalized spacial score (nSPS) is 40.9. The van der Waals surface area contributed by atoms with Crippen molar-refractivity contribution in [3.8, 4) is 11.1 Å². The molecule has 0 radical (unpaired) electrons. The predicted octanol–water partition coefficient (Wildman–Crippen LogP) is 3.87. The highest BCUT2D eigenvalue weighted by atomic mass is 32.1. The van der Waals surface area contributed by atoms with Crippen molar-refractivity contribution in [3.05, 3.63) is 16.5 Å². The van der Waals surface area contributed by atoms with Gasteiger partial charge in [-0.25, -0.2) is 0 Å². The van der Waals surface area contributed by atoms with Crippen LogP contribution in [-0.4, -0.2) is 5.11 Å². The third-order valence-corrected chi connectivity index (χ3v) is 6.30. The first-order valence-electron chi connectivity index (χ1n) is 6.96. The molecule has 4 aliphatic rings. The Kier molecular flexibility index (Phi) is 2.26. The summed E-state index contributed by atoms with van der Waals surface area (Å²) < 4.78 is 0. The summed E-state index contributed by atoms with van der Waals surface area (Å²) in [6, 6.07) is 2.21. The lowest BCUT2D eigenvalue weighted by Crippen LogP contribution is -2.43. The van der Waals surface area contributed by atoms with Gasteiger partial charge < -0.3 is 5.11 Å². The van der Waals surface area contributed by atoms with Gasteiger partial charge in [0.25, 0.3) is 0 Å². The Morgan fingerprint density at radius 1 is 1.11 bits per heavy atom. The highest BCUT2D eigenvalue weighted by Crippen LogP contribution is 2.60. The summed E-state index contributed by atoms with van der Waals surface area (Å²) in [5.74, 6) is 4.04. The molecule has 4 aliphatic carbocycles. The molecular formula is C15H17NOS. The molecule has 1 heterocycles. The molecule has 0 unspecified atom stereocenters. The summed E-state index contributed by atoms with van der Waals surface area (Å²) >= 11 is 1.33. The fourth-order valence-corrected chi connectivity index (χ4v) is 5.95. The van der Waals surface area contributed by atoms with E-state index in [9.17, 15) is 10.4 Å². The van der Waals surface area contributed by atoms with Gasteiger partial charge in [-0.3, -0.25) is 0 Å². The monoisotopic (exact) mass is 259 g/mol. The van der Waals surface area contributed by atoms with E-state index in [1.165, 1.54) is 43.4 Å². The maximum absolute atomic E-state index is 9.78. The van der Waals surface area contributed by atoms with Gasteiger partial charge in [-0.1, -0.05) is 0 Å². The summed E-state index contributed by atoms with van der Waals surface area (Å²) in [7, 11) is 0. The second-order valence-corrected chi connectivity index (χ2v) is 7.30. The van der Waals surface area contributed by atoms with Gasteiger partial charge in [0.2, 0.25) is 0 Å². The molecule has 2 nitrogen and oxygen atoms in total.